The minimum Gasteiger partial charge on any atom is -0.467 e. The molecular weight excluding hydrogens is 290 g/mol. The van der Waals surface area contributed by atoms with Gasteiger partial charge >= 0.3 is 5.97 Å². The van der Waals surface area contributed by atoms with Crippen molar-refractivity contribution in [1.82, 2.24) is 4.98 Å². The maximum atomic E-state index is 11.4. The number of esters is 1. The third-order valence-electron chi connectivity index (χ3n) is 3.12. The maximum Gasteiger partial charge on any atom is 0.351 e. The van der Waals surface area contributed by atoms with Crippen LogP contribution in [0.2, 0.25) is 5.15 Å². The lowest BCUT2D eigenvalue weighted by Gasteiger charge is -2.27. The third-order valence-corrected chi connectivity index (χ3v) is 4.43. The van der Waals surface area contributed by atoms with Gasteiger partial charge < -0.3 is 14.2 Å². The monoisotopic (exact) mass is 305 g/mol. The number of aromatic nitrogens is 1. The molecule has 1 aromatic heterocycles. The molecule has 1 saturated carbocycles. The standard InChI is InChI=1S/C12H16ClNO4S/c1-16-7-4-3-5-8(6-7)18-12-14-10(13)9(19-12)11(15)17-2/h7-8H,3-6H2,1-2H3. The molecule has 0 bridgehead atoms. The Balaban J connectivity index is 2.01. The zero-order valence-electron chi connectivity index (χ0n) is 10.8. The highest BCUT2D eigenvalue weighted by Crippen LogP contribution is 2.32. The van der Waals surface area contributed by atoms with E-state index in [1.165, 1.54) is 7.11 Å². The molecule has 2 unspecified atom stereocenters. The predicted octanol–water partition coefficient (Wildman–Crippen LogP) is 2.92. The molecule has 0 radical (unpaired) electrons. The van der Waals surface area contributed by atoms with Crippen molar-refractivity contribution in [3.63, 3.8) is 0 Å². The van der Waals surface area contributed by atoms with E-state index in [0.29, 0.717) is 5.19 Å². The van der Waals surface area contributed by atoms with E-state index in [-0.39, 0.29) is 22.2 Å². The van der Waals surface area contributed by atoms with Gasteiger partial charge in [-0.25, -0.2) is 4.79 Å². The fraction of sp³-hybridized carbons (Fsp3) is 0.667. The number of hydrogen-bond donors (Lipinski definition) is 0. The number of ether oxygens (including phenoxy) is 3. The van der Waals surface area contributed by atoms with E-state index in [9.17, 15) is 4.79 Å². The van der Waals surface area contributed by atoms with Crippen molar-refractivity contribution < 1.29 is 19.0 Å². The molecule has 1 aliphatic carbocycles. The second-order valence-electron chi connectivity index (χ2n) is 4.36. The summed E-state index contributed by atoms with van der Waals surface area (Å²) < 4.78 is 15.8. The van der Waals surface area contributed by atoms with Crippen LogP contribution in [0.1, 0.15) is 35.4 Å². The minimum absolute atomic E-state index is 0.0615. The molecule has 106 valence electrons. The Morgan fingerprint density at radius 3 is 2.79 bits per heavy atom. The molecule has 5 nitrogen and oxygen atoms in total. The van der Waals surface area contributed by atoms with Crippen molar-refractivity contribution in [3.8, 4) is 5.19 Å². The van der Waals surface area contributed by atoms with Crippen LogP contribution in [0.15, 0.2) is 0 Å². The normalized spacial score (nSPS) is 23.1. The Kier molecular flexibility index (Phi) is 5.01. The van der Waals surface area contributed by atoms with Gasteiger partial charge in [0.25, 0.3) is 5.19 Å². The first kappa shape index (κ1) is 14.6. The van der Waals surface area contributed by atoms with Gasteiger partial charge in [0, 0.05) is 13.5 Å². The second-order valence-corrected chi connectivity index (χ2v) is 5.68. The van der Waals surface area contributed by atoms with Gasteiger partial charge in [-0.05, 0) is 19.3 Å². The summed E-state index contributed by atoms with van der Waals surface area (Å²) in [5, 5.41) is 0.540. The first-order valence-corrected chi connectivity index (χ1v) is 7.27. The average Bonchev–Trinajstić information content (AvgIpc) is 2.79. The van der Waals surface area contributed by atoms with Crippen molar-refractivity contribution in [2.75, 3.05) is 14.2 Å². The first-order chi connectivity index (χ1) is 9.13. The van der Waals surface area contributed by atoms with Crippen LogP contribution in [0.3, 0.4) is 0 Å². The van der Waals surface area contributed by atoms with Gasteiger partial charge in [0.1, 0.15) is 6.10 Å². The van der Waals surface area contributed by atoms with E-state index >= 15 is 0 Å². The summed E-state index contributed by atoms with van der Waals surface area (Å²) in [6.07, 6.45) is 4.21. The van der Waals surface area contributed by atoms with Gasteiger partial charge in [-0.3, -0.25) is 0 Å². The lowest BCUT2D eigenvalue weighted by molar-refractivity contribution is 0.0209. The summed E-state index contributed by atoms with van der Waals surface area (Å²) in [4.78, 5) is 15.7. The highest BCUT2D eigenvalue weighted by atomic mass is 35.5. The molecule has 2 rings (SSSR count). The quantitative estimate of drug-likeness (QED) is 0.801. The molecule has 0 amide bonds. The molecule has 0 aliphatic heterocycles. The first-order valence-electron chi connectivity index (χ1n) is 6.08. The molecule has 0 spiro atoms. The van der Waals surface area contributed by atoms with Crippen LogP contribution in [-0.4, -0.2) is 37.4 Å². The molecule has 1 aromatic rings. The number of rotatable bonds is 4. The van der Waals surface area contributed by atoms with E-state index in [4.69, 9.17) is 21.1 Å². The molecule has 0 saturated heterocycles. The van der Waals surface area contributed by atoms with Crippen LogP contribution in [0.4, 0.5) is 0 Å². The molecule has 19 heavy (non-hydrogen) atoms. The average molecular weight is 306 g/mol. The second kappa shape index (κ2) is 6.54. The van der Waals surface area contributed by atoms with E-state index in [1.807, 2.05) is 0 Å². The summed E-state index contributed by atoms with van der Waals surface area (Å²) in [7, 11) is 3.02. The topological polar surface area (TPSA) is 57.7 Å². The number of hydrogen-bond acceptors (Lipinski definition) is 6. The van der Waals surface area contributed by atoms with Crippen LogP contribution in [0.25, 0.3) is 0 Å². The van der Waals surface area contributed by atoms with Gasteiger partial charge in [0.15, 0.2) is 10.0 Å². The molecular formula is C12H16ClNO4S. The fourth-order valence-corrected chi connectivity index (χ4v) is 3.23. The number of carbonyl (C=O) groups excluding carboxylic acids is 1. The minimum atomic E-state index is -0.490. The molecule has 1 fully saturated rings. The molecule has 2 atom stereocenters. The van der Waals surface area contributed by atoms with E-state index in [1.54, 1.807) is 7.11 Å². The van der Waals surface area contributed by atoms with Crippen molar-refractivity contribution in [1.29, 1.82) is 0 Å². The molecule has 1 heterocycles. The maximum absolute atomic E-state index is 11.4. The van der Waals surface area contributed by atoms with Crippen molar-refractivity contribution in [3.05, 3.63) is 10.0 Å². The van der Waals surface area contributed by atoms with Crippen molar-refractivity contribution in [2.24, 2.45) is 0 Å². The molecule has 1 aliphatic rings. The number of nitrogens with zero attached hydrogens (tertiary/aromatic N) is 1. The summed E-state index contributed by atoms with van der Waals surface area (Å²) in [5.41, 5.74) is 0. The number of halogens is 1. The summed E-state index contributed by atoms with van der Waals surface area (Å²) >= 11 is 7.00. The van der Waals surface area contributed by atoms with Gasteiger partial charge in [-0.15, -0.1) is 0 Å². The van der Waals surface area contributed by atoms with Crippen LogP contribution in [0, 0.1) is 0 Å². The Morgan fingerprint density at radius 1 is 1.37 bits per heavy atom. The summed E-state index contributed by atoms with van der Waals surface area (Å²) in [5.74, 6) is -0.490. The van der Waals surface area contributed by atoms with Crippen LogP contribution < -0.4 is 4.74 Å². The Labute approximate surface area is 120 Å². The summed E-state index contributed by atoms with van der Waals surface area (Å²) in [6, 6.07) is 0. The lowest BCUT2D eigenvalue weighted by Crippen LogP contribution is -2.29. The summed E-state index contributed by atoms with van der Waals surface area (Å²) in [6.45, 7) is 0. The number of carbonyl (C=O) groups is 1. The predicted molar refractivity (Wildman–Crippen MR) is 72.1 cm³/mol. The van der Waals surface area contributed by atoms with Crippen LogP contribution >= 0.6 is 22.9 Å². The Morgan fingerprint density at radius 2 is 2.11 bits per heavy atom. The SMILES string of the molecule is COC(=O)c1sc(OC2CCCC(OC)C2)nc1Cl. The zero-order valence-corrected chi connectivity index (χ0v) is 12.4. The lowest BCUT2D eigenvalue weighted by atomic mass is 9.95. The Bertz CT molecular complexity index is 451. The van der Waals surface area contributed by atoms with Crippen LogP contribution in [0.5, 0.6) is 5.19 Å². The van der Waals surface area contributed by atoms with Gasteiger partial charge in [-0.2, -0.15) is 4.98 Å². The van der Waals surface area contributed by atoms with E-state index in [0.717, 1.165) is 37.0 Å². The van der Waals surface area contributed by atoms with Crippen molar-refractivity contribution >= 4 is 28.9 Å². The Hall–Kier alpha value is -0.850. The highest BCUT2D eigenvalue weighted by molar-refractivity contribution is 7.15. The largest absolute Gasteiger partial charge is 0.467 e. The van der Waals surface area contributed by atoms with Gasteiger partial charge in [0.05, 0.1) is 13.2 Å². The molecule has 0 N–H and O–H groups in total. The van der Waals surface area contributed by atoms with E-state index < -0.39 is 5.97 Å². The highest BCUT2D eigenvalue weighted by Gasteiger charge is 2.25. The van der Waals surface area contributed by atoms with E-state index in [2.05, 4.69) is 9.72 Å². The van der Waals surface area contributed by atoms with Gasteiger partial charge in [-0.1, -0.05) is 22.9 Å². The molecule has 0 aromatic carbocycles. The molecule has 7 heteroatoms. The fourth-order valence-electron chi connectivity index (χ4n) is 2.12. The van der Waals surface area contributed by atoms with Gasteiger partial charge in [0.2, 0.25) is 0 Å². The van der Waals surface area contributed by atoms with Crippen LogP contribution in [-0.2, 0) is 9.47 Å². The third kappa shape index (κ3) is 3.58. The van der Waals surface area contributed by atoms with Crippen molar-refractivity contribution in [2.45, 2.75) is 37.9 Å². The smallest absolute Gasteiger partial charge is 0.351 e. The number of thiazole rings is 1. The zero-order chi connectivity index (χ0) is 13.8. The number of methoxy groups -OCH3 is 2.